The van der Waals surface area contributed by atoms with Crippen LogP contribution in [0.5, 0.6) is 0 Å². The van der Waals surface area contributed by atoms with Crippen LogP contribution in [-0.4, -0.2) is 59.0 Å². The van der Waals surface area contributed by atoms with Crippen LogP contribution in [0.1, 0.15) is 21.5 Å². The minimum Gasteiger partial charge on any atom is -0.369 e. The number of aromatic nitrogens is 3. The van der Waals surface area contributed by atoms with Gasteiger partial charge in [-0.2, -0.15) is 5.26 Å². The number of piperazine rings is 1. The first-order valence-electron chi connectivity index (χ1n) is 13.6. The van der Waals surface area contributed by atoms with Gasteiger partial charge in [-0.05, 0) is 80.2 Å². The number of H-pyrrole nitrogens is 1. The maximum atomic E-state index is 12.9. The molecule has 1 saturated heterocycles. The highest BCUT2D eigenvalue weighted by molar-refractivity contribution is 6.05. The van der Waals surface area contributed by atoms with Crippen LogP contribution in [0.15, 0.2) is 79.0 Å². The summed E-state index contributed by atoms with van der Waals surface area (Å²) in [5.74, 6) is 0.992. The third-order valence-corrected chi connectivity index (χ3v) is 7.51. The molecule has 6 rings (SSSR count). The van der Waals surface area contributed by atoms with Gasteiger partial charge in [-0.15, -0.1) is 0 Å². The average Bonchev–Trinajstić information content (AvgIpc) is 3.48. The number of nitrogens with one attached hydrogen (secondary N) is 3. The second-order valence-corrected chi connectivity index (χ2v) is 10.2. The molecular weight excluding hydrogens is 512 g/mol. The minimum absolute atomic E-state index is 0.252. The van der Waals surface area contributed by atoms with Gasteiger partial charge in [-0.25, -0.2) is 9.97 Å². The second-order valence-electron chi connectivity index (χ2n) is 10.2. The number of benzene rings is 3. The van der Waals surface area contributed by atoms with Crippen molar-refractivity contribution >= 4 is 39.8 Å². The molecule has 3 aromatic carbocycles. The van der Waals surface area contributed by atoms with E-state index in [2.05, 4.69) is 62.8 Å². The van der Waals surface area contributed by atoms with E-state index >= 15 is 0 Å². The average molecular weight is 543 g/mol. The topological polar surface area (TPSA) is 113 Å². The van der Waals surface area contributed by atoms with Gasteiger partial charge < -0.3 is 25.4 Å². The van der Waals surface area contributed by atoms with Crippen molar-refractivity contribution in [2.45, 2.75) is 6.92 Å². The van der Waals surface area contributed by atoms with E-state index in [1.807, 2.05) is 37.4 Å². The highest BCUT2D eigenvalue weighted by atomic mass is 16.1. The van der Waals surface area contributed by atoms with Gasteiger partial charge in [0.1, 0.15) is 11.5 Å². The number of carbonyl (C=O) groups is 1. The molecule has 1 fully saturated rings. The first kappa shape index (κ1) is 26.0. The minimum atomic E-state index is -0.252. The summed E-state index contributed by atoms with van der Waals surface area (Å²) in [5, 5.41) is 16.4. The molecule has 9 nitrogen and oxygen atoms in total. The van der Waals surface area contributed by atoms with E-state index in [4.69, 9.17) is 15.2 Å². The van der Waals surface area contributed by atoms with E-state index in [0.717, 1.165) is 54.0 Å². The number of fused-ring (bicyclic) bond motifs is 1. The van der Waals surface area contributed by atoms with Crippen molar-refractivity contribution < 1.29 is 4.79 Å². The largest absolute Gasteiger partial charge is 0.369 e. The van der Waals surface area contributed by atoms with Crippen LogP contribution in [0.4, 0.5) is 22.9 Å². The van der Waals surface area contributed by atoms with Crippen LogP contribution in [0.3, 0.4) is 0 Å². The Morgan fingerprint density at radius 2 is 1.71 bits per heavy atom. The summed E-state index contributed by atoms with van der Waals surface area (Å²) in [6.07, 6.45) is 1.85. The summed E-state index contributed by atoms with van der Waals surface area (Å²) < 4.78 is 0. The lowest BCUT2D eigenvalue weighted by atomic mass is 10.1. The molecule has 0 spiro atoms. The molecule has 1 aliphatic rings. The summed E-state index contributed by atoms with van der Waals surface area (Å²) in [6, 6.07) is 24.7. The zero-order valence-electron chi connectivity index (χ0n) is 23.0. The van der Waals surface area contributed by atoms with Crippen LogP contribution in [0.2, 0.25) is 0 Å². The quantitative estimate of drug-likeness (QED) is 0.258. The Balaban J connectivity index is 1.26. The Labute approximate surface area is 238 Å². The molecular formula is C32H30N8O. The van der Waals surface area contributed by atoms with Crippen molar-refractivity contribution in [1.29, 1.82) is 5.26 Å². The van der Waals surface area contributed by atoms with Crippen LogP contribution in [-0.2, 0) is 0 Å². The van der Waals surface area contributed by atoms with Gasteiger partial charge in [-0.3, -0.25) is 4.79 Å². The fourth-order valence-electron chi connectivity index (χ4n) is 5.02. The molecule has 5 aromatic rings. The highest BCUT2D eigenvalue weighted by Gasteiger charge is 2.17. The Bertz CT molecular complexity index is 1740. The zero-order chi connectivity index (χ0) is 28.3. The van der Waals surface area contributed by atoms with E-state index in [1.165, 1.54) is 5.69 Å². The molecule has 0 atom stereocenters. The number of carbonyl (C=O) groups excluding carboxylic acids is 1. The van der Waals surface area contributed by atoms with E-state index in [-0.39, 0.29) is 5.91 Å². The fraction of sp³-hybridized carbons (Fsp3) is 0.188. The van der Waals surface area contributed by atoms with Crippen LogP contribution >= 0.6 is 0 Å². The summed E-state index contributed by atoms with van der Waals surface area (Å²) in [4.78, 5) is 30.6. The van der Waals surface area contributed by atoms with Gasteiger partial charge >= 0.3 is 0 Å². The summed E-state index contributed by atoms with van der Waals surface area (Å²) in [7, 11) is 2.16. The summed E-state index contributed by atoms with van der Waals surface area (Å²) in [6.45, 7) is 6.11. The smallest absolute Gasteiger partial charge is 0.255 e. The molecule has 0 bridgehead atoms. The van der Waals surface area contributed by atoms with Crippen LogP contribution in [0.25, 0.3) is 22.4 Å². The molecule has 0 unspecified atom stereocenters. The number of hydrogen-bond acceptors (Lipinski definition) is 7. The van der Waals surface area contributed by atoms with Gasteiger partial charge in [0.25, 0.3) is 5.91 Å². The Morgan fingerprint density at radius 1 is 0.951 bits per heavy atom. The van der Waals surface area contributed by atoms with Gasteiger partial charge in [0.05, 0.1) is 17.0 Å². The number of amides is 1. The standard InChI is InChI=1S/C32H30N8O/c1-21-26(4-3-5-28(21)36-32(41)23-8-6-22(20-33)7-9-23)30-37-29-27(14-15-34-29)31(38-30)35-24-10-12-25(13-11-24)40-18-16-39(2)17-19-40/h3-15H,16-19H2,1-2H3,(H,36,41)(H2,34,35,37,38). The van der Waals surface area contributed by atoms with Crippen LogP contribution in [0, 0.1) is 18.3 Å². The molecule has 3 heterocycles. The lowest BCUT2D eigenvalue weighted by Gasteiger charge is -2.34. The van der Waals surface area contributed by atoms with Gasteiger partial charge in [-0.1, -0.05) is 12.1 Å². The van der Waals surface area contributed by atoms with Crippen molar-refractivity contribution in [3.63, 3.8) is 0 Å². The second kappa shape index (κ2) is 11.1. The maximum Gasteiger partial charge on any atom is 0.255 e. The van der Waals surface area contributed by atoms with E-state index < -0.39 is 0 Å². The maximum absolute atomic E-state index is 12.9. The summed E-state index contributed by atoms with van der Waals surface area (Å²) in [5.41, 5.74) is 6.19. The van der Waals surface area contributed by atoms with Gasteiger partial charge in [0.15, 0.2) is 5.82 Å². The van der Waals surface area contributed by atoms with Crippen molar-refractivity contribution in [3.8, 4) is 17.5 Å². The normalized spacial score (nSPS) is 13.6. The predicted molar refractivity (Wildman–Crippen MR) is 163 cm³/mol. The number of rotatable bonds is 6. The first-order valence-corrected chi connectivity index (χ1v) is 13.6. The molecule has 0 aliphatic carbocycles. The highest BCUT2D eigenvalue weighted by Crippen LogP contribution is 2.31. The van der Waals surface area contributed by atoms with Crippen molar-refractivity contribution in [2.75, 3.05) is 48.8 Å². The van der Waals surface area contributed by atoms with Crippen molar-refractivity contribution in [2.24, 2.45) is 0 Å². The van der Waals surface area contributed by atoms with E-state index in [0.29, 0.717) is 28.5 Å². The Morgan fingerprint density at radius 3 is 2.44 bits per heavy atom. The molecule has 41 heavy (non-hydrogen) atoms. The van der Waals surface area contributed by atoms with Gasteiger partial charge in [0.2, 0.25) is 0 Å². The zero-order valence-corrected chi connectivity index (χ0v) is 23.0. The number of aromatic amines is 1. The predicted octanol–water partition coefficient (Wildman–Crippen LogP) is 5.55. The number of nitriles is 1. The molecule has 3 N–H and O–H groups in total. The Kier molecular flexibility index (Phi) is 7.06. The van der Waals surface area contributed by atoms with Crippen molar-refractivity contribution in [1.82, 2.24) is 19.9 Å². The molecule has 0 radical (unpaired) electrons. The number of hydrogen-bond donors (Lipinski definition) is 3. The number of anilines is 4. The molecule has 0 saturated carbocycles. The number of nitrogens with zero attached hydrogens (tertiary/aromatic N) is 5. The molecule has 1 aliphatic heterocycles. The monoisotopic (exact) mass is 542 g/mol. The number of likely N-dealkylation sites (N-methyl/N-ethyl adjacent to an activating group) is 1. The molecule has 204 valence electrons. The fourth-order valence-corrected chi connectivity index (χ4v) is 5.02. The third-order valence-electron chi connectivity index (χ3n) is 7.51. The SMILES string of the molecule is Cc1c(NC(=O)c2ccc(C#N)cc2)cccc1-c1nc(Nc2ccc(N3CCN(C)CC3)cc2)c2cc[nH]c2n1. The van der Waals surface area contributed by atoms with Crippen molar-refractivity contribution in [3.05, 3.63) is 95.7 Å². The lowest BCUT2D eigenvalue weighted by Crippen LogP contribution is -2.44. The first-order chi connectivity index (χ1) is 20.0. The summed E-state index contributed by atoms with van der Waals surface area (Å²) >= 11 is 0. The lowest BCUT2D eigenvalue weighted by molar-refractivity contribution is 0.102. The van der Waals surface area contributed by atoms with E-state index in [9.17, 15) is 4.79 Å². The third kappa shape index (κ3) is 5.46. The molecule has 9 heteroatoms. The van der Waals surface area contributed by atoms with E-state index in [1.54, 1.807) is 24.3 Å². The molecule has 2 aromatic heterocycles. The Hall–Kier alpha value is -5.20. The molecule has 1 amide bonds. The van der Waals surface area contributed by atoms with Gasteiger partial charge in [0, 0.05) is 60.6 Å². The van der Waals surface area contributed by atoms with Crippen LogP contribution < -0.4 is 15.5 Å².